The Morgan fingerprint density at radius 2 is 1.57 bits per heavy atom. The second-order valence-corrected chi connectivity index (χ2v) is 8.64. The minimum absolute atomic E-state index is 0.0201. The van der Waals surface area contributed by atoms with Crippen LogP contribution >= 0.6 is 0 Å². The van der Waals surface area contributed by atoms with E-state index in [1.807, 2.05) is 49.4 Å². The summed E-state index contributed by atoms with van der Waals surface area (Å²) in [6, 6.07) is 18.6. The highest BCUT2D eigenvalue weighted by molar-refractivity contribution is 5.94. The lowest BCUT2D eigenvalue weighted by Gasteiger charge is -2.41. The van der Waals surface area contributed by atoms with E-state index >= 15 is 0 Å². The second-order valence-electron chi connectivity index (χ2n) is 8.64. The normalized spacial score (nSPS) is 20.1. The van der Waals surface area contributed by atoms with E-state index in [2.05, 4.69) is 27.2 Å². The zero-order valence-electron chi connectivity index (χ0n) is 17.8. The second kappa shape index (κ2) is 9.63. The predicted octanol–water partition coefficient (Wildman–Crippen LogP) is 3.60. The van der Waals surface area contributed by atoms with Gasteiger partial charge in [-0.15, -0.1) is 0 Å². The van der Waals surface area contributed by atoms with Crippen LogP contribution < -0.4 is 10.2 Å². The molecule has 0 spiro atoms. The number of benzene rings is 2. The van der Waals surface area contributed by atoms with Crippen molar-refractivity contribution in [2.24, 2.45) is 0 Å². The first-order valence-electron chi connectivity index (χ1n) is 11.2. The van der Waals surface area contributed by atoms with Gasteiger partial charge < -0.3 is 20.2 Å². The van der Waals surface area contributed by atoms with Gasteiger partial charge in [0.05, 0.1) is 12.1 Å². The van der Waals surface area contributed by atoms with Crippen molar-refractivity contribution >= 4 is 11.6 Å². The number of carbonyl (C=O) groups is 1. The van der Waals surface area contributed by atoms with Gasteiger partial charge in [0, 0.05) is 43.5 Å². The van der Waals surface area contributed by atoms with Gasteiger partial charge in [0.25, 0.3) is 5.91 Å². The van der Waals surface area contributed by atoms with E-state index in [-0.39, 0.29) is 18.1 Å². The van der Waals surface area contributed by atoms with Crippen molar-refractivity contribution in [1.82, 2.24) is 10.2 Å². The highest BCUT2D eigenvalue weighted by atomic mass is 16.3. The van der Waals surface area contributed by atoms with Crippen molar-refractivity contribution in [2.75, 3.05) is 31.1 Å². The van der Waals surface area contributed by atoms with Crippen LogP contribution in [0.2, 0.25) is 0 Å². The van der Waals surface area contributed by atoms with Crippen LogP contribution in [0.4, 0.5) is 5.69 Å². The summed E-state index contributed by atoms with van der Waals surface area (Å²) in [5, 5.41) is 12.8. The molecule has 0 aliphatic carbocycles. The number of carbonyl (C=O) groups excluding carboxylic acids is 1. The van der Waals surface area contributed by atoms with Crippen molar-refractivity contribution in [3.8, 4) is 0 Å². The molecule has 2 aromatic carbocycles. The van der Waals surface area contributed by atoms with Crippen molar-refractivity contribution in [2.45, 2.75) is 50.8 Å². The Morgan fingerprint density at radius 1 is 0.933 bits per heavy atom. The topological polar surface area (TPSA) is 55.8 Å². The number of amides is 1. The summed E-state index contributed by atoms with van der Waals surface area (Å²) in [4.78, 5) is 17.6. The number of nitrogens with zero attached hydrogens (tertiary/aromatic N) is 2. The number of nitrogens with one attached hydrogen (secondary N) is 1. The monoisotopic (exact) mass is 407 g/mol. The first-order valence-corrected chi connectivity index (χ1v) is 11.2. The number of aliphatic hydroxyl groups is 1. The number of anilines is 1. The third kappa shape index (κ3) is 5.02. The van der Waals surface area contributed by atoms with E-state index in [9.17, 15) is 9.90 Å². The van der Waals surface area contributed by atoms with Gasteiger partial charge in [0.1, 0.15) is 0 Å². The van der Waals surface area contributed by atoms with E-state index in [4.69, 9.17) is 0 Å². The average Bonchev–Trinajstić information content (AvgIpc) is 2.80. The Morgan fingerprint density at radius 3 is 2.20 bits per heavy atom. The van der Waals surface area contributed by atoms with E-state index in [1.54, 1.807) is 0 Å². The molecule has 2 heterocycles. The summed E-state index contributed by atoms with van der Waals surface area (Å²) < 4.78 is 0. The molecule has 5 nitrogen and oxygen atoms in total. The van der Waals surface area contributed by atoms with Crippen molar-refractivity contribution in [3.05, 3.63) is 65.7 Å². The van der Waals surface area contributed by atoms with Gasteiger partial charge in [-0.1, -0.05) is 30.3 Å². The molecular formula is C25H33N3O2. The molecule has 160 valence electrons. The molecule has 2 saturated heterocycles. The molecule has 0 radical (unpaired) electrons. The Bertz CT molecular complexity index is 808. The standard InChI is InChI=1S/C25H33N3O2/c1-19(20-5-3-2-4-6-20)26-25(30)21-7-9-22(10-8-21)27-15-11-23(12-16-27)28-17-13-24(29)14-18-28/h2-10,19,23-24,29H,11-18H2,1H3,(H,26,30). The molecular weight excluding hydrogens is 374 g/mol. The fourth-order valence-electron chi connectivity index (χ4n) is 4.67. The smallest absolute Gasteiger partial charge is 0.251 e. The molecule has 2 aliphatic heterocycles. The average molecular weight is 408 g/mol. The molecule has 2 aliphatic rings. The van der Waals surface area contributed by atoms with Gasteiger partial charge in [0.2, 0.25) is 0 Å². The molecule has 1 atom stereocenters. The van der Waals surface area contributed by atoms with Crippen LogP contribution in [0.15, 0.2) is 54.6 Å². The number of likely N-dealkylation sites (tertiary alicyclic amines) is 1. The van der Waals surface area contributed by atoms with E-state index in [1.165, 1.54) is 5.69 Å². The lowest BCUT2D eigenvalue weighted by Crippen LogP contribution is -2.48. The van der Waals surface area contributed by atoms with Crippen LogP contribution in [0.5, 0.6) is 0 Å². The minimum atomic E-state index is -0.104. The summed E-state index contributed by atoms with van der Waals surface area (Å²) >= 11 is 0. The molecule has 2 N–H and O–H groups in total. The van der Waals surface area contributed by atoms with E-state index in [0.717, 1.165) is 57.4 Å². The Hall–Kier alpha value is -2.37. The lowest BCUT2D eigenvalue weighted by atomic mass is 9.98. The van der Waals surface area contributed by atoms with Crippen LogP contribution in [0, 0.1) is 0 Å². The highest BCUT2D eigenvalue weighted by Crippen LogP contribution is 2.25. The molecule has 1 amide bonds. The molecule has 0 saturated carbocycles. The highest BCUT2D eigenvalue weighted by Gasteiger charge is 2.27. The Balaban J connectivity index is 1.29. The van der Waals surface area contributed by atoms with Gasteiger partial charge in [-0.25, -0.2) is 0 Å². The van der Waals surface area contributed by atoms with Gasteiger partial charge in [-0.2, -0.15) is 0 Å². The lowest BCUT2D eigenvalue weighted by molar-refractivity contribution is 0.0542. The zero-order valence-corrected chi connectivity index (χ0v) is 17.8. The van der Waals surface area contributed by atoms with Crippen LogP contribution in [0.1, 0.15) is 54.6 Å². The van der Waals surface area contributed by atoms with Gasteiger partial charge in [-0.3, -0.25) is 4.79 Å². The maximum absolute atomic E-state index is 12.6. The summed E-state index contributed by atoms with van der Waals surface area (Å²) in [7, 11) is 0. The molecule has 0 aromatic heterocycles. The summed E-state index contributed by atoms with van der Waals surface area (Å²) in [6.45, 7) is 6.14. The van der Waals surface area contributed by atoms with Gasteiger partial charge in [-0.05, 0) is 62.4 Å². The van der Waals surface area contributed by atoms with Crippen LogP contribution in [0.25, 0.3) is 0 Å². The van der Waals surface area contributed by atoms with Crippen LogP contribution in [-0.2, 0) is 0 Å². The first kappa shape index (κ1) is 20.9. The molecule has 5 heteroatoms. The van der Waals surface area contributed by atoms with Crippen molar-refractivity contribution < 1.29 is 9.90 Å². The molecule has 0 bridgehead atoms. The Kier molecular flexibility index (Phi) is 6.70. The predicted molar refractivity (Wildman–Crippen MR) is 121 cm³/mol. The molecule has 2 fully saturated rings. The largest absolute Gasteiger partial charge is 0.393 e. The number of hydrogen-bond donors (Lipinski definition) is 2. The number of aliphatic hydroxyl groups excluding tert-OH is 1. The Labute approximate surface area is 179 Å². The third-order valence-electron chi connectivity index (χ3n) is 6.62. The van der Waals surface area contributed by atoms with E-state index < -0.39 is 0 Å². The van der Waals surface area contributed by atoms with E-state index in [0.29, 0.717) is 11.6 Å². The fraction of sp³-hybridized carbons (Fsp3) is 0.480. The molecule has 2 aromatic rings. The quantitative estimate of drug-likeness (QED) is 0.795. The first-order chi connectivity index (χ1) is 14.6. The minimum Gasteiger partial charge on any atom is -0.393 e. The van der Waals surface area contributed by atoms with Gasteiger partial charge >= 0.3 is 0 Å². The number of rotatable bonds is 5. The maximum Gasteiger partial charge on any atom is 0.251 e. The molecule has 4 rings (SSSR count). The zero-order chi connectivity index (χ0) is 20.9. The summed E-state index contributed by atoms with van der Waals surface area (Å²) in [6.07, 6.45) is 4.03. The van der Waals surface area contributed by atoms with Crippen molar-refractivity contribution in [1.29, 1.82) is 0 Å². The molecule has 1 unspecified atom stereocenters. The number of hydrogen-bond acceptors (Lipinski definition) is 4. The number of piperidine rings is 2. The maximum atomic E-state index is 12.6. The summed E-state index contributed by atoms with van der Waals surface area (Å²) in [5.41, 5.74) is 2.99. The van der Waals surface area contributed by atoms with Crippen molar-refractivity contribution in [3.63, 3.8) is 0 Å². The molecule has 30 heavy (non-hydrogen) atoms. The SMILES string of the molecule is CC(NC(=O)c1ccc(N2CCC(N3CCC(O)CC3)CC2)cc1)c1ccccc1. The third-order valence-corrected chi connectivity index (χ3v) is 6.62. The van der Waals surface area contributed by atoms with Gasteiger partial charge in [0.15, 0.2) is 0 Å². The summed E-state index contributed by atoms with van der Waals surface area (Å²) in [5.74, 6) is -0.0381. The fourth-order valence-corrected chi connectivity index (χ4v) is 4.67. The van der Waals surface area contributed by atoms with Crippen LogP contribution in [-0.4, -0.2) is 54.2 Å². The van der Waals surface area contributed by atoms with Crippen LogP contribution in [0.3, 0.4) is 0 Å².